The molecule has 2 heterocycles. The first-order chi connectivity index (χ1) is 12.1. The molecule has 25 heavy (non-hydrogen) atoms. The van der Waals surface area contributed by atoms with Gasteiger partial charge in [-0.05, 0) is 25.8 Å². The summed E-state index contributed by atoms with van der Waals surface area (Å²) < 4.78 is 5.19. The fraction of sp³-hybridized carbons (Fsp3) is 0.389. The minimum absolute atomic E-state index is 0.0752. The Balaban J connectivity index is 1.67. The van der Waals surface area contributed by atoms with Gasteiger partial charge in [-0.3, -0.25) is 9.59 Å². The quantitative estimate of drug-likeness (QED) is 0.888. The highest BCUT2D eigenvalue weighted by molar-refractivity contribution is 6.33. The first kappa shape index (κ1) is 17.5. The van der Waals surface area contributed by atoms with Gasteiger partial charge in [0.15, 0.2) is 0 Å². The summed E-state index contributed by atoms with van der Waals surface area (Å²) in [7, 11) is 0. The van der Waals surface area contributed by atoms with E-state index in [1.54, 1.807) is 19.1 Å². The highest BCUT2D eigenvalue weighted by atomic mass is 35.5. The number of aromatic nitrogens is 1. The van der Waals surface area contributed by atoms with E-state index in [0.29, 0.717) is 27.6 Å². The Kier molecular flexibility index (Phi) is 5.38. The predicted molar refractivity (Wildman–Crippen MR) is 94.5 cm³/mol. The van der Waals surface area contributed by atoms with E-state index in [1.807, 2.05) is 17.0 Å². The van der Waals surface area contributed by atoms with Crippen molar-refractivity contribution in [3.8, 4) is 11.3 Å². The van der Waals surface area contributed by atoms with E-state index in [-0.39, 0.29) is 24.8 Å². The van der Waals surface area contributed by atoms with Gasteiger partial charge in [-0.15, -0.1) is 0 Å². The Morgan fingerprint density at radius 1 is 1.28 bits per heavy atom. The molecule has 1 aliphatic rings. The average molecular weight is 362 g/mol. The van der Waals surface area contributed by atoms with Crippen LogP contribution in [0, 0.1) is 6.92 Å². The third-order valence-electron chi connectivity index (χ3n) is 4.30. The topological polar surface area (TPSA) is 75.4 Å². The minimum atomic E-state index is -0.317. The van der Waals surface area contributed by atoms with Crippen LogP contribution in [0.25, 0.3) is 11.3 Å². The SMILES string of the molecule is Cc1onc(-c2ccccc2Cl)c1C(=O)NCCC(=O)N1CCCC1. The molecule has 6 nitrogen and oxygen atoms in total. The Morgan fingerprint density at radius 3 is 2.72 bits per heavy atom. The number of halogens is 1. The molecule has 1 aliphatic heterocycles. The van der Waals surface area contributed by atoms with Gasteiger partial charge in [0, 0.05) is 31.6 Å². The van der Waals surface area contributed by atoms with Gasteiger partial charge in [0.05, 0.1) is 5.02 Å². The average Bonchev–Trinajstić information content (AvgIpc) is 3.25. The summed E-state index contributed by atoms with van der Waals surface area (Å²) >= 11 is 6.20. The van der Waals surface area contributed by atoms with Crippen molar-refractivity contribution in [2.75, 3.05) is 19.6 Å². The summed E-state index contributed by atoms with van der Waals surface area (Å²) in [6, 6.07) is 7.15. The Labute approximate surface area is 151 Å². The number of carbonyl (C=O) groups is 2. The second-order valence-electron chi connectivity index (χ2n) is 6.04. The largest absolute Gasteiger partial charge is 0.360 e. The molecular formula is C18H20ClN3O3. The van der Waals surface area contributed by atoms with E-state index in [2.05, 4.69) is 10.5 Å². The van der Waals surface area contributed by atoms with Crippen LogP contribution in [-0.4, -0.2) is 41.5 Å². The van der Waals surface area contributed by atoms with E-state index in [0.717, 1.165) is 25.9 Å². The highest BCUT2D eigenvalue weighted by Crippen LogP contribution is 2.30. The fourth-order valence-corrected chi connectivity index (χ4v) is 3.20. The van der Waals surface area contributed by atoms with Crippen LogP contribution in [0.1, 0.15) is 35.4 Å². The Bertz CT molecular complexity index is 782. The maximum absolute atomic E-state index is 12.6. The molecule has 0 atom stereocenters. The smallest absolute Gasteiger partial charge is 0.257 e. The predicted octanol–water partition coefficient (Wildman–Crippen LogP) is 3.05. The van der Waals surface area contributed by atoms with Crippen LogP contribution in [0.4, 0.5) is 0 Å². The van der Waals surface area contributed by atoms with Crippen molar-refractivity contribution in [2.45, 2.75) is 26.2 Å². The lowest BCUT2D eigenvalue weighted by Crippen LogP contribution is -2.32. The monoisotopic (exact) mass is 361 g/mol. The molecule has 0 bridgehead atoms. The van der Waals surface area contributed by atoms with E-state index >= 15 is 0 Å². The van der Waals surface area contributed by atoms with Gasteiger partial charge in [0.2, 0.25) is 5.91 Å². The van der Waals surface area contributed by atoms with Crippen LogP contribution in [-0.2, 0) is 4.79 Å². The molecule has 7 heteroatoms. The number of hydrogen-bond donors (Lipinski definition) is 1. The molecule has 2 amide bonds. The van der Waals surface area contributed by atoms with Crippen LogP contribution in [0.15, 0.2) is 28.8 Å². The molecule has 1 aromatic heterocycles. The minimum Gasteiger partial charge on any atom is -0.360 e. The third-order valence-corrected chi connectivity index (χ3v) is 4.63. The van der Waals surface area contributed by atoms with Gasteiger partial charge in [-0.1, -0.05) is 35.0 Å². The van der Waals surface area contributed by atoms with Crippen LogP contribution in [0.5, 0.6) is 0 Å². The molecule has 2 aromatic rings. The second-order valence-corrected chi connectivity index (χ2v) is 6.44. The maximum Gasteiger partial charge on any atom is 0.257 e. The van der Waals surface area contributed by atoms with Gasteiger partial charge in [-0.2, -0.15) is 0 Å². The van der Waals surface area contributed by atoms with Crippen molar-refractivity contribution in [3.05, 3.63) is 40.6 Å². The lowest BCUT2D eigenvalue weighted by atomic mass is 10.1. The molecule has 0 aliphatic carbocycles. The van der Waals surface area contributed by atoms with Gasteiger partial charge in [0.25, 0.3) is 5.91 Å². The second kappa shape index (κ2) is 7.70. The number of likely N-dealkylation sites (tertiary alicyclic amines) is 1. The van der Waals surface area contributed by atoms with Gasteiger partial charge >= 0.3 is 0 Å². The lowest BCUT2D eigenvalue weighted by Gasteiger charge is -2.15. The lowest BCUT2D eigenvalue weighted by molar-refractivity contribution is -0.129. The molecule has 0 radical (unpaired) electrons. The first-order valence-corrected chi connectivity index (χ1v) is 8.73. The van der Waals surface area contributed by atoms with Crippen molar-refractivity contribution in [1.82, 2.24) is 15.4 Å². The number of rotatable bonds is 5. The molecule has 0 unspecified atom stereocenters. The number of nitrogens with one attached hydrogen (secondary N) is 1. The number of benzene rings is 1. The fourth-order valence-electron chi connectivity index (χ4n) is 2.97. The van der Waals surface area contributed by atoms with E-state index < -0.39 is 0 Å². The summed E-state index contributed by atoms with van der Waals surface area (Å²) in [5.74, 6) is 0.173. The molecule has 0 saturated carbocycles. The molecule has 1 fully saturated rings. The summed E-state index contributed by atoms with van der Waals surface area (Å²) in [6.07, 6.45) is 2.40. The van der Waals surface area contributed by atoms with E-state index in [1.165, 1.54) is 0 Å². The standard InChI is InChI=1S/C18H20ClN3O3/c1-12-16(17(21-25-12)13-6-2-3-7-14(13)19)18(24)20-9-8-15(23)22-10-4-5-11-22/h2-3,6-7H,4-5,8-11H2,1H3,(H,20,24). The maximum atomic E-state index is 12.6. The van der Waals surface area contributed by atoms with Crippen molar-refractivity contribution >= 4 is 23.4 Å². The molecule has 1 N–H and O–H groups in total. The Morgan fingerprint density at radius 2 is 2.00 bits per heavy atom. The zero-order valence-corrected chi connectivity index (χ0v) is 14.8. The molecule has 3 rings (SSSR count). The summed E-state index contributed by atoms with van der Waals surface area (Å²) in [4.78, 5) is 26.4. The first-order valence-electron chi connectivity index (χ1n) is 8.35. The number of hydrogen-bond acceptors (Lipinski definition) is 4. The normalized spacial score (nSPS) is 13.9. The van der Waals surface area contributed by atoms with Crippen LogP contribution < -0.4 is 5.32 Å². The van der Waals surface area contributed by atoms with Crippen molar-refractivity contribution in [2.24, 2.45) is 0 Å². The molecule has 1 saturated heterocycles. The molecular weight excluding hydrogens is 342 g/mol. The van der Waals surface area contributed by atoms with Gasteiger partial charge < -0.3 is 14.7 Å². The summed E-state index contributed by atoms with van der Waals surface area (Å²) in [6.45, 7) is 3.58. The van der Waals surface area contributed by atoms with Crippen LogP contribution in [0.3, 0.4) is 0 Å². The number of nitrogens with zero attached hydrogens (tertiary/aromatic N) is 2. The summed E-state index contributed by atoms with van der Waals surface area (Å²) in [5, 5.41) is 7.25. The van der Waals surface area contributed by atoms with E-state index in [9.17, 15) is 9.59 Å². The van der Waals surface area contributed by atoms with E-state index in [4.69, 9.17) is 16.1 Å². The van der Waals surface area contributed by atoms with Crippen molar-refractivity contribution in [1.29, 1.82) is 0 Å². The van der Waals surface area contributed by atoms with Crippen LogP contribution in [0.2, 0.25) is 5.02 Å². The van der Waals surface area contributed by atoms with Crippen molar-refractivity contribution < 1.29 is 14.1 Å². The number of aryl methyl sites for hydroxylation is 1. The third kappa shape index (κ3) is 3.85. The zero-order valence-electron chi connectivity index (χ0n) is 14.0. The molecule has 1 aromatic carbocycles. The highest BCUT2D eigenvalue weighted by Gasteiger charge is 2.23. The molecule has 0 spiro atoms. The van der Waals surface area contributed by atoms with Crippen molar-refractivity contribution in [3.63, 3.8) is 0 Å². The Hall–Kier alpha value is -2.34. The summed E-state index contributed by atoms with van der Waals surface area (Å²) in [5.41, 5.74) is 1.40. The van der Waals surface area contributed by atoms with Crippen LogP contribution >= 0.6 is 11.6 Å². The molecule has 132 valence electrons. The number of amides is 2. The number of carbonyl (C=O) groups excluding carboxylic acids is 2. The van der Waals surface area contributed by atoms with Gasteiger partial charge in [0.1, 0.15) is 17.0 Å². The van der Waals surface area contributed by atoms with Gasteiger partial charge in [-0.25, -0.2) is 0 Å². The zero-order chi connectivity index (χ0) is 17.8.